The Morgan fingerprint density at radius 2 is 2.00 bits per heavy atom. The van der Waals surface area contributed by atoms with Crippen molar-refractivity contribution in [2.24, 2.45) is 0 Å². The zero-order chi connectivity index (χ0) is 12.7. The maximum absolute atomic E-state index is 6.10. The molecule has 2 heterocycles. The second-order valence-electron chi connectivity index (χ2n) is 3.88. The van der Waals surface area contributed by atoms with Crippen LogP contribution < -0.4 is 0 Å². The molecule has 0 aliphatic carbocycles. The SMILES string of the molecule is Cc1c(Cl)cccc1-c1nc(Cl)c2cn[nH]c2n1. The number of nitrogens with one attached hydrogen (secondary N) is 1. The third-order valence-corrected chi connectivity index (χ3v) is 3.47. The molecule has 0 saturated carbocycles. The van der Waals surface area contributed by atoms with Gasteiger partial charge < -0.3 is 0 Å². The molecule has 0 saturated heterocycles. The average molecular weight is 279 g/mol. The first-order valence-corrected chi connectivity index (χ1v) is 6.04. The Morgan fingerprint density at radius 1 is 1.17 bits per heavy atom. The molecule has 18 heavy (non-hydrogen) atoms. The van der Waals surface area contributed by atoms with Crippen LogP contribution in [0.5, 0.6) is 0 Å². The minimum absolute atomic E-state index is 0.378. The molecule has 3 aromatic rings. The Hall–Kier alpha value is -1.65. The molecular weight excluding hydrogens is 271 g/mol. The van der Waals surface area contributed by atoms with Gasteiger partial charge in [0.15, 0.2) is 11.5 Å². The van der Waals surface area contributed by atoms with Gasteiger partial charge in [0.1, 0.15) is 5.15 Å². The summed E-state index contributed by atoms with van der Waals surface area (Å²) in [4.78, 5) is 8.68. The second-order valence-corrected chi connectivity index (χ2v) is 4.65. The Balaban J connectivity index is 2.28. The topological polar surface area (TPSA) is 54.5 Å². The van der Waals surface area contributed by atoms with Gasteiger partial charge in [-0.25, -0.2) is 9.97 Å². The van der Waals surface area contributed by atoms with Crippen molar-refractivity contribution in [3.63, 3.8) is 0 Å². The van der Waals surface area contributed by atoms with E-state index in [0.29, 0.717) is 27.0 Å². The van der Waals surface area contributed by atoms with Crippen LogP contribution >= 0.6 is 23.2 Å². The lowest BCUT2D eigenvalue weighted by Crippen LogP contribution is -1.93. The van der Waals surface area contributed by atoms with Gasteiger partial charge in [-0.15, -0.1) is 0 Å². The molecule has 0 radical (unpaired) electrons. The zero-order valence-corrected chi connectivity index (χ0v) is 10.9. The number of fused-ring (bicyclic) bond motifs is 1. The quantitative estimate of drug-likeness (QED) is 0.692. The van der Waals surface area contributed by atoms with Crippen LogP contribution in [0.4, 0.5) is 0 Å². The molecule has 90 valence electrons. The van der Waals surface area contributed by atoms with E-state index in [9.17, 15) is 0 Å². The van der Waals surface area contributed by atoms with Crippen molar-refractivity contribution < 1.29 is 0 Å². The number of rotatable bonds is 1. The monoisotopic (exact) mass is 278 g/mol. The molecule has 1 aromatic carbocycles. The van der Waals surface area contributed by atoms with E-state index in [4.69, 9.17) is 23.2 Å². The van der Waals surface area contributed by atoms with Crippen molar-refractivity contribution in [1.82, 2.24) is 20.2 Å². The summed E-state index contributed by atoms with van der Waals surface area (Å²) in [5, 5.41) is 8.45. The molecule has 2 aromatic heterocycles. The smallest absolute Gasteiger partial charge is 0.163 e. The standard InChI is InChI=1S/C12H8Cl2N4/c1-6-7(3-2-4-9(6)13)11-16-10(14)8-5-15-18-12(8)17-11/h2-5H,1H3,(H,15,16,17,18). The molecule has 0 aliphatic heterocycles. The van der Waals surface area contributed by atoms with E-state index in [1.165, 1.54) is 0 Å². The summed E-state index contributed by atoms with van der Waals surface area (Å²) in [6.45, 7) is 1.92. The Labute approximate surface area is 113 Å². The van der Waals surface area contributed by atoms with Crippen LogP contribution in [0.3, 0.4) is 0 Å². The molecule has 3 rings (SSSR count). The predicted molar refractivity (Wildman–Crippen MR) is 71.9 cm³/mol. The molecular formula is C12H8Cl2N4. The van der Waals surface area contributed by atoms with Crippen molar-refractivity contribution >= 4 is 34.2 Å². The Bertz CT molecular complexity index is 736. The molecule has 1 N–H and O–H groups in total. The molecule has 0 aliphatic rings. The van der Waals surface area contributed by atoms with E-state index in [1.54, 1.807) is 6.20 Å². The maximum atomic E-state index is 6.10. The summed E-state index contributed by atoms with van der Waals surface area (Å²) < 4.78 is 0. The van der Waals surface area contributed by atoms with Crippen LogP contribution in [0.1, 0.15) is 5.56 Å². The predicted octanol–water partition coefficient (Wildman–Crippen LogP) is 3.64. The number of hydrogen-bond acceptors (Lipinski definition) is 3. The maximum Gasteiger partial charge on any atom is 0.163 e. The van der Waals surface area contributed by atoms with E-state index < -0.39 is 0 Å². The highest BCUT2D eigenvalue weighted by Crippen LogP contribution is 2.28. The fourth-order valence-corrected chi connectivity index (χ4v) is 2.16. The van der Waals surface area contributed by atoms with Gasteiger partial charge in [0, 0.05) is 10.6 Å². The van der Waals surface area contributed by atoms with Crippen molar-refractivity contribution in [2.45, 2.75) is 6.92 Å². The van der Waals surface area contributed by atoms with Gasteiger partial charge in [0.25, 0.3) is 0 Å². The lowest BCUT2D eigenvalue weighted by Gasteiger charge is -2.06. The van der Waals surface area contributed by atoms with E-state index >= 15 is 0 Å². The molecule has 0 bridgehead atoms. The number of H-pyrrole nitrogens is 1. The van der Waals surface area contributed by atoms with Crippen LogP contribution in [-0.2, 0) is 0 Å². The van der Waals surface area contributed by atoms with Crippen LogP contribution in [0.15, 0.2) is 24.4 Å². The van der Waals surface area contributed by atoms with Gasteiger partial charge in [-0.3, -0.25) is 5.10 Å². The van der Waals surface area contributed by atoms with Crippen LogP contribution in [0.2, 0.25) is 10.2 Å². The fourth-order valence-electron chi connectivity index (χ4n) is 1.77. The molecule has 0 spiro atoms. The van der Waals surface area contributed by atoms with Gasteiger partial charge in [-0.2, -0.15) is 5.10 Å². The number of nitrogens with zero attached hydrogens (tertiary/aromatic N) is 3. The first kappa shape index (κ1) is 11.4. The van der Waals surface area contributed by atoms with Crippen molar-refractivity contribution in [3.05, 3.63) is 40.1 Å². The van der Waals surface area contributed by atoms with Crippen LogP contribution in [0, 0.1) is 6.92 Å². The van der Waals surface area contributed by atoms with Crippen molar-refractivity contribution in [2.75, 3.05) is 0 Å². The first-order chi connectivity index (χ1) is 8.66. The normalized spacial score (nSPS) is 11.1. The molecule has 0 fully saturated rings. The van der Waals surface area contributed by atoms with E-state index in [1.807, 2.05) is 25.1 Å². The molecule has 0 unspecified atom stereocenters. The number of aromatic nitrogens is 4. The van der Waals surface area contributed by atoms with Gasteiger partial charge >= 0.3 is 0 Å². The zero-order valence-electron chi connectivity index (χ0n) is 9.41. The molecule has 0 atom stereocenters. The highest BCUT2D eigenvalue weighted by Gasteiger charge is 2.12. The second kappa shape index (κ2) is 4.23. The van der Waals surface area contributed by atoms with Crippen LogP contribution in [-0.4, -0.2) is 20.2 Å². The third kappa shape index (κ3) is 1.74. The van der Waals surface area contributed by atoms with Crippen LogP contribution in [0.25, 0.3) is 22.4 Å². The van der Waals surface area contributed by atoms with E-state index in [-0.39, 0.29) is 0 Å². The summed E-state index contributed by atoms with van der Waals surface area (Å²) in [5.74, 6) is 0.539. The van der Waals surface area contributed by atoms with Gasteiger partial charge in [0.2, 0.25) is 0 Å². The lowest BCUT2D eigenvalue weighted by atomic mass is 10.1. The largest absolute Gasteiger partial charge is 0.261 e. The van der Waals surface area contributed by atoms with Gasteiger partial charge in [0.05, 0.1) is 11.6 Å². The van der Waals surface area contributed by atoms with Crippen molar-refractivity contribution in [1.29, 1.82) is 0 Å². The summed E-state index contributed by atoms with van der Waals surface area (Å²) in [6.07, 6.45) is 1.60. The first-order valence-electron chi connectivity index (χ1n) is 5.29. The van der Waals surface area contributed by atoms with Gasteiger partial charge in [-0.05, 0) is 18.6 Å². The number of hydrogen-bond donors (Lipinski definition) is 1. The summed E-state index contributed by atoms with van der Waals surface area (Å²) >= 11 is 12.2. The van der Waals surface area contributed by atoms with Gasteiger partial charge in [-0.1, -0.05) is 35.3 Å². The number of aromatic amines is 1. The molecule has 6 heteroatoms. The molecule has 4 nitrogen and oxygen atoms in total. The Kier molecular flexibility index (Phi) is 2.69. The average Bonchev–Trinajstić information content (AvgIpc) is 2.81. The Morgan fingerprint density at radius 3 is 2.83 bits per heavy atom. The summed E-state index contributed by atoms with van der Waals surface area (Å²) in [7, 11) is 0. The summed E-state index contributed by atoms with van der Waals surface area (Å²) in [6, 6.07) is 5.60. The highest BCUT2D eigenvalue weighted by molar-refractivity contribution is 6.34. The number of halogens is 2. The fraction of sp³-hybridized carbons (Fsp3) is 0.0833. The molecule has 0 amide bonds. The highest BCUT2D eigenvalue weighted by atomic mass is 35.5. The van der Waals surface area contributed by atoms with E-state index in [2.05, 4.69) is 20.2 Å². The minimum atomic E-state index is 0.378. The van der Waals surface area contributed by atoms with E-state index in [0.717, 1.165) is 11.1 Å². The number of benzene rings is 1. The third-order valence-electron chi connectivity index (χ3n) is 2.77. The minimum Gasteiger partial charge on any atom is -0.261 e. The summed E-state index contributed by atoms with van der Waals surface area (Å²) in [5.41, 5.74) is 2.40. The lowest BCUT2D eigenvalue weighted by molar-refractivity contribution is 1.09. The van der Waals surface area contributed by atoms with Crippen molar-refractivity contribution in [3.8, 4) is 11.4 Å².